The van der Waals surface area contributed by atoms with Gasteiger partial charge in [0.2, 0.25) is 0 Å². The predicted octanol–water partition coefficient (Wildman–Crippen LogP) is 3.83. The van der Waals surface area contributed by atoms with Crippen molar-refractivity contribution in [2.75, 3.05) is 20.2 Å². The van der Waals surface area contributed by atoms with Crippen LogP contribution in [0.3, 0.4) is 0 Å². The van der Waals surface area contributed by atoms with Crippen LogP contribution < -0.4 is 10.5 Å². The van der Waals surface area contributed by atoms with E-state index in [1.807, 2.05) is 18.2 Å². The van der Waals surface area contributed by atoms with Gasteiger partial charge in [0.15, 0.2) is 0 Å². The fourth-order valence-corrected chi connectivity index (χ4v) is 3.75. The zero-order valence-electron chi connectivity index (χ0n) is 13.2. The highest BCUT2D eigenvalue weighted by molar-refractivity contribution is 6.30. The second-order valence-electron chi connectivity index (χ2n) is 5.96. The molecule has 118 valence electrons. The van der Waals surface area contributed by atoms with E-state index < -0.39 is 0 Å². The fraction of sp³-hybridized carbons (Fsp3) is 0.647. The number of benzene rings is 1. The molecule has 0 heterocycles. The van der Waals surface area contributed by atoms with Crippen LogP contribution in [0, 0.1) is 0 Å². The Labute approximate surface area is 133 Å². The summed E-state index contributed by atoms with van der Waals surface area (Å²) in [5.41, 5.74) is 7.45. The molecule has 0 radical (unpaired) electrons. The zero-order valence-corrected chi connectivity index (χ0v) is 14.0. The van der Waals surface area contributed by atoms with E-state index in [2.05, 4.69) is 11.8 Å². The molecule has 1 saturated carbocycles. The van der Waals surface area contributed by atoms with Gasteiger partial charge in [-0.2, -0.15) is 0 Å². The second-order valence-corrected chi connectivity index (χ2v) is 6.40. The molecule has 1 aromatic rings. The number of hydrogen-bond donors (Lipinski definition) is 1. The quantitative estimate of drug-likeness (QED) is 0.868. The van der Waals surface area contributed by atoms with E-state index in [-0.39, 0.29) is 5.54 Å². The van der Waals surface area contributed by atoms with Crippen LogP contribution in [-0.2, 0) is 6.54 Å². The van der Waals surface area contributed by atoms with Crippen molar-refractivity contribution in [3.05, 3.63) is 28.8 Å². The summed E-state index contributed by atoms with van der Waals surface area (Å²) in [4.78, 5) is 2.51. The SMILES string of the molecule is CCN(Cc1cc(Cl)ccc1OC)C1(CN)CCCCC1. The molecule has 2 rings (SSSR count). The third-order valence-electron chi connectivity index (χ3n) is 4.82. The molecular formula is C17H27ClN2O. The van der Waals surface area contributed by atoms with Crippen molar-refractivity contribution in [2.24, 2.45) is 5.73 Å². The number of nitrogens with zero attached hydrogens (tertiary/aromatic N) is 1. The number of ether oxygens (including phenoxy) is 1. The molecule has 0 spiro atoms. The van der Waals surface area contributed by atoms with Gasteiger partial charge >= 0.3 is 0 Å². The predicted molar refractivity (Wildman–Crippen MR) is 89.0 cm³/mol. The Bertz CT molecular complexity index is 458. The Balaban J connectivity index is 2.23. The molecule has 1 aliphatic rings. The number of methoxy groups -OCH3 is 1. The van der Waals surface area contributed by atoms with Crippen molar-refractivity contribution in [1.82, 2.24) is 4.90 Å². The molecule has 0 aliphatic heterocycles. The Kier molecular flexibility index (Phi) is 5.91. The third-order valence-corrected chi connectivity index (χ3v) is 5.06. The summed E-state index contributed by atoms with van der Waals surface area (Å²) in [5.74, 6) is 0.904. The van der Waals surface area contributed by atoms with Gasteiger partial charge in [-0.15, -0.1) is 0 Å². The molecule has 21 heavy (non-hydrogen) atoms. The highest BCUT2D eigenvalue weighted by atomic mass is 35.5. The molecule has 1 aliphatic carbocycles. The Morgan fingerprint density at radius 2 is 2.00 bits per heavy atom. The van der Waals surface area contributed by atoms with Crippen LogP contribution >= 0.6 is 11.6 Å². The summed E-state index contributed by atoms with van der Waals surface area (Å²) in [6, 6.07) is 5.83. The molecule has 0 aromatic heterocycles. The van der Waals surface area contributed by atoms with Crippen LogP contribution in [0.1, 0.15) is 44.6 Å². The van der Waals surface area contributed by atoms with Crippen LogP contribution in [0.2, 0.25) is 5.02 Å². The lowest BCUT2D eigenvalue weighted by Gasteiger charge is -2.46. The lowest BCUT2D eigenvalue weighted by atomic mass is 9.80. The van der Waals surface area contributed by atoms with E-state index in [1.54, 1.807) is 7.11 Å². The Hall–Kier alpha value is -0.770. The van der Waals surface area contributed by atoms with Crippen molar-refractivity contribution < 1.29 is 4.74 Å². The van der Waals surface area contributed by atoms with Gasteiger partial charge in [0.1, 0.15) is 5.75 Å². The monoisotopic (exact) mass is 310 g/mol. The van der Waals surface area contributed by atoms with Gasteiger partial charge in [0.05, 0.1) is 7.11 Å². The number of rotatable bonds is 6. The highest BCUT2D eigenvalue weighted by Gasteiger charge is 2.36. The maximum atomic E-state index is 6.17. The topological polar surface area (TPSA) is 38.5 Å². The van der Waals surface area contributed by atoms with Crippen molar-refractivity contribution in [3.8, 4) is 5.75 Å². The van der Waals surface area contributed by atoms with E-state index in [1.165, 1.54) is 32.1 Å². The smallest absolute Gasteiger partial charge is 0.123 e. The molecule has 1 fully saturated rings. The molecular weight excluding hydrogens is 284 g/mol. The minimum absolute atomic E-state index is 0.139. The highest BCUT2D eigenvalue weighted by Crippen LogP contribution is 2.35. The van der Waals surface area contributed by atoms with Gasteiger partial charge in [0, 0.05) is 29.2 Å². The maximum Gasteiger partial charge on any atom is 0.123 e. The lowest BCUT2D eigenvalue weighted by Crippen LogP contribution is -2.54. The standard InChI is InChI=1S/C17H27ClN2O/c1-3-20(17(13-19)9-5-4-6-10-17)12-14-11-15(18)7-8-16(14)21-2/h7-8,11H,3-6,9-10,12-13,19H2,1-2H3. The van der Waals surface area contributed by atoms with E-state index in [0.717, 1.165) is 36.0 Å². The van der Waals surface area contributed by atoms with Gasteiger partial charge in [-0.25, -0.2) is 0 Å². The second kappa shape index (κ2) is 7.48. The summed E-state index contributed by atoms with van der Waals surface area (Å²) < 4.78 is 5.48. The van der Waals surface area contributed by atoms with Gasteiger partial charge in [-0.1, -0.05) is 37.8 Å². The Morgan fingerprint density at radius 1 is 1.29 bits per heavy atom. The number of halogens is 1. The first kappa shape index (κ1) is 16.6. The number of hydrogen-bond acceptors (Lipinski definition) is 3. The minimum atomic E-state index is 0.139. The van der Waals surface area contributed by atoms with Gasteiger partial charge in [0.25, 0.3) is 0 Å². The van der Waals surface area contributed by atoms with E-state index in [0.29, 0.717) is 0 Å². The first-order valence-corrected chi connectivity index (χ1v) is 8.30. The average Bonchev–Trinajstić information content (AvgIpc) is 2.53. The van der Waals surface area contributed by atoms with Gasteiger partial charge in [-0.05, 0) is 37.6 Å². The number of nitrogens with two attached hydrogens (primary N) is 1. The summed E-state index contributed by atoms with van der Waals surface area (Å²) >= 11 is 6.16. The van der Waals surface area contributed by atoms with E-state index in [9.17, 15) is 0 Å². The molecule has 4 heteroatoms. The first-order valence-electron chi connectivity index (χ1n) is 7.93. The average molecular weight is 311 g/mol. The molecule has 0 bridgehead atoms. The zero-order chi connectivity index (χ0) is 15.3. The molecule has 1 aromatic carbocycles. The third kappa shape index (κ3) is 3.71. The fourth-order valence-electron chi connectivity index (χ4n) is 3.55. The normalized spacial score (nSPS) is 18.0. The van der Waals surface area contributed by atoms with E-state index >= 15 is 0 Å². The molecule has 2 N–H and O–H groups in total. The van der Waals surface area contributed by atoms with Crippen LogP contribution in [0.4, 0.5) is 0 Å². The van der Waals surface area contributed by atoms with Crippen LogP contribution in [0.5, 0.6) is 5.75 Å². The number of likely N-dealkylation sites (N-methyl/N-ethyl adjacent to an activating group) is 1. The largest absolute Gasteiger partial charge is 0.496 e. The molecule has 0 saturated heterocycles. The van der Waals surface area contributed by atoms with Gasteiger partial charge in [-0.3, -0.25) is 4.90 Å². The molecule has 0 atom stereocenters. The van der Waals surface area contributed by atoms with Crippen molar-refractivity contribution in [2.45, 2.75) is 51.1 Å². The van der Waals surface area contributed by atoms with Crippen molar-refractivity contribution >= 4 is 11.6 Å². The molecule has 0 amide bonds. The maximum absolute atomic E-state index is 6.17. The summed E-state index contributed by atoms with van der Waals surface area (Å²) in [6.45, 7) is 4.77. The van der Waals surface area contributed by atoms with Crippen LogP contribution in [0.15, 0.2) is 18.2 Å². The lowest BCUT2D eigenvalue weighted by molar-refractivity contribution is 0.0540. The summed E-state index contributed by atoms with van der Waals surface area (Å²) in [7, 11) is 1.71. The first-order chi connectivity index (χ1) is 10.1. The molecule has 3 nitrogen and oxygen atoms in total. The van der Waals surface area contributed by atoms with Crippen molar-refractivity contribution in [1.29, 1.82) is 0 Å². The van der Waals surface area contributed by atoms with Crippen LogP contribution in [-0.4, -0.2) is 30.6 Å². The van der Waals surface area contributed by atoms with Crippen LogP contribution in [0.25, 0.3) is 0 Å². The minimum Gasteiger partial charge on any atom is -0.496 e. The van der Waals surface area contributed by atoms with E-state index in [4.69, 9.17) is 22.1 Å². The van der Waals surface area contributed by atoms with Gasteiger partial charge < -0.3 is 10.5 Å². The summed E-state index contributed by atoms with van der Waals surface area (Å²) in [6.07, 6.45) is 6.28. The van der Waals surface area contributed by atoms with Crippen molar-refractivity contribution in [3.63, 3.8) is 0 Å². The summed E-state index contributed by atoms with van der Waals surface area (Å²) in [5, 5.41) is 0.757. The molecule has 0 unspecified atom stereocenters. The Morgan fingerprint density at radius 3 is 2.57 bits per heavy atom.